The molecule has 1 atom stereocenters. The van der Waals surface area contributed by atoms with Gasteiger partial charge in [-0.3, -0.25) is 0 Å². The van der Waals surface area contributed by atoms with Crippen LogP contribution in [0.15, 0.2) is 48.7 Å². The lowest BCUT2D eigenvalue weighted by Gasteiger charge is -2.30. The number of nitrogen functional groups attached to an aromatic ring is 2. The van der Waals surface area contributed by atoms with Gasteiger partial charge in [0.1, 0.15) is 5.82 Å². The van der Waals surface area contributed by atoms with Crippen molar-refractivity contribution in [1.82, 2.24) is 19.9 Å². The largest absolute Gasteiger partial charge is 0.383 e. The Bertz CT molecular complexity index is 1170. The molecule has 0 fully saturated rings. The van der Waals surface area contributed by atoms with Crippen LogP contribution in [0.4, 0.5) is 17.7 Å². The average Bonchev–Trinajstić information content (AvgIpc) is 2.75. The van der Waals surface area contributed by atoms with Crippen molar-refractivity contribution in [3.05, 3.63) is 54.2 Å². The number of benzene rings is 2. The van der Waals surface area contributed by atoms with E-state index in [1.54, 1.807) is 6.20 Å². The molecule has 0 saturated heterocycles. The summed E-state index contributed by atoms with van der Waals surface area (Å²) >= 11 is 0. The van der Waals surface area contributed by atoms with Gasteiger partial charge in [0.15, 0.2) is 5.65 Å². The zero-order chi connectivity index (χ0) is 21.1. The summed E-state index contributed by atoms with van der Waals surface area (Å²) in [5.74, 6) is 0.958. The molecule has 0 aliphatic heterocycles. The number of rotatable bonds is 7. The molecule has 0 aliphatic carbocycles. The molecule has 0 radical (unpaired) electrons. The minimum atomic E-state index is 0.0443. The first kappa shape index (κ1) is 19.8. The van der Waals surface area contributed by atoms with Gasteiger partial charge in [-0.1, -0.05) is 42.5 Å². The smallest absolute Gasteiger partial charge is 0.227 e. The monoisotopic (exact) mass is 402 g/mol. The minimum absolute atomic E-state index is 0.0443. The van der Waals surface area contributed by atoms with Crippen LogP contribution in [0.25, 0.3) is 21.8 Å². The van der Waals surface area contributed by atoms with E-state index in [-0.39, 0.29) is 17.8 Å². The van der Waals surface area contributed by atoms with Crippen LogP contribution in [-0.2, 0) is 0 Å². The van der Waals surface area contributed by atoms with Gasteiger partial charge in [0.25, 0.3) is 0 Å². The lowest BCUT2D eigenvalue weighted by molar-refractivity contribution is 0.614. The number of fused-ring (bicyclic) bond motifs is 2. The van der Waals surface area contributed by atoms with Gasteiger partial charge in [0.2, 0.25) is 11.9 Å². The second-order valence-electron chi connectivity index (χ2n) is 7.31. The molecule has 4 aromatic rings. The van der Waals surface area contributed by atoms with Gasteiger partial charge in [0, 0.05) is 12.7 Å². The number of unbranched alkanes of at least 4 members (excludes halogenated alkanes) is 1. The average molecular weight is 403 g/mol. The van der Waals surface area contributed by atoms with Gasteiger partial charge in [-0.25, -0.2) is 4.98 Å². The standard InChI is InChI=1S/C22H26N8/c1-14(16-10-6-8-15-7-2-3-9-17(15)16)30(12-5-4-11-23)22-26-13-18-19(24)27-21(25)28-20(18)29-22/h2-3,6-10,13-14H,4-5,11-12,23H2,1H3,(H4,24,25,26,27,28,29). The molecule has 0 amide bonds. The van der Waals surface area contributed by atoms with Crippen LogP contribution in [0.3, 0.4) is 0 Å². The molecule has 154 valence electrons. The van der Waals surface area contributed by atoms with Crippen LogP contribution in [0, 0.1) is 0 Å². The summed E-state index contributed by atoms with van der Waals surface area (Å²) in [7, 11) is 0. The molecule has 0 aliphatic rings. The molecule has 8 nitrogen and oxygen atoms in total. The topological polar surface area (TPSA) is 133 Å². The fourth-order valence-corrected chi connectivity index (χ4v) is 3.76. The molecule has 4 rings (SSSR count). The minimum Gasteiger partial charge on any atom is -0.383 e. The maximum absolute atomic E-state index is 5.96. The molecule has 8 heteroatoms. The van der Waals surface area contributed by atoms with E-state index in [1.807, 2.05) is 0 Å². The normalized spacial score (nSPS) is 12.3. The zero-order valence-corrected chi connectivity index (χ0v) is 17.0. The van der Waals surface area contributed by atoms with E-state index in [2.05, 4.69) is 74.2 Å². The first-order valence-corrected chi connectivity index (χ1v) is 10.1. The Hall–Kier alpha value is -3.52. The van der Waals surface area contributed by atoms with Crippen molar-refractivity contribution in [3.8, 4) is 0 Å². The number of nitrogens with zero attached hydrogens (tertiary/aromatic N) is 5. The van der Waals surface area contributed by atoms with Crippen molar-refractivity contribution in [3.63, 3.8) is 0 Å². The van der Waals surface area contributed by atoms with E-state index in [9.17, 15) is 0 Å². The maximum atomic E-state index is 5.96. The SMILES string of the molecule is CC(c1cccc2ccccc12)N(CCCCN)c1ncc2c(N)nc(N)nc2n1. The molecule has 0 bridgehead atoms. The third-order valence-electron chi connectivity index (χ3n) is 5.34. The highest BCUT2D eigenvalue weighted by molar-refractivity contribution is 5.87. The summed E-state index contributed by atoms with van der Waals surface area (Å²) in [5.41, 5.74) is 19.1. The highest BCUT2D eigenvalue weighted by Gasteiger charge is 2.21. The molecule has 2 aromatic carbocycles. The number of hydrogen-bond acceptors (Lipinski definition) is 8. The summed E-state index contributed by atoms with van der Waals surface area (Å²) in [6.07, 6.45) is 3.52. The van der Waals surface area contributed by atoms with Crippen molar-refractivity contribution < 1.29 is 0 Å². The molecular weight excluding hydrogens is 376 g/mol. The van der Waals surface area contributed by atoms with Crippen molar-refractivity contribution >= 4 is 39.5 Å². The van der Waals surface area contributed by atoms with Crippen molar-refractivity contribution in [1.29, 1.82) is 0 Å². The third-order valence-corrected chi connectivity index (χ3v) is 5.34. The van der Waals surface area contributed by atoms with Gasteiger partial charge in [-0.05, 0) is 42.6 Å². The third kappa shape index (κ3) is 3.81. The summed E-state index contributed by atoms with van der Waals surface area (Å²) in [4.78, 5) is 19.7. The number of hydrogen-bond donors (Lipinski definition) is 3. The summed E-state index contributed by atoms with van der Waals surface area (Å²) in [6, 6.07) is 14.8. The van der Waals surface area contributed by atoms with Crippen LogP contribution in [0.2, 0.25) is 0 Å². The highest BCUT2D eigenvalue weighted by atomic mass is 15.3. The highest BCUT2D eigenvalue weighted by Crippen LogP contribution is 2.31. The van der Waals surface area contributed by atoms with Gasteiger partial charge < -0.3 is 22.1 Å². The van der Waals surface area contributed by atoms with Crippen LogP contribution in [0.5, 0.6) is 0 Å². The number of aromatic nitrogens is 4. The summed E-state index contributed by atoms with van der Waals surface area (Å²) in [6.45, 7) is 3.58. The maximum Gasteiger partial charge on any atom is 0.227 e. The molecule has 1 unspecified atom stereocenters. The van der Waals surface area contributed by atoms with Gasteiger partial charge in [-0.2, -0.15) is 15.0 Å². The van der Waals surface area contributed by atoms with Crippen molar-refractivity contribution in [2.45, 2.75) is 25.8 Å². The summed E-state index contributed by atoms with van der Waals surface area (Å²) in [5, 5.41) is 3.01. The molecule has 2 heterocycles. The predicted molar refractivity (Wildman–Crippen MR) is 122 cm³/mol. The Labute approximate surface area is 175 Å². The fourth-order valence-electron chi connectivity index (χ4n) is 3.76. The van der Waals surface area contributed by atoms with Gasteiger partial charge in [0.05, 0.1) is 11.4 Å². The van der Waals surface area contributed by atoms with Crippen molar-refractivity contribution in [2.24, 2.45) is 5.73 Å². The second kappa shape index (κ2) is 8.46. The molecular formula is C22H26N8. The van der Waals surface area contributed by atoms with E-state index >= 15 is 0 Å². The van der Waals surface area contributed by atoms with Crippen LogP contribution >= 0.6 is 0 Å². The molecule has 2 aromatic heterocycles. The summed E-state index contributed by atoms with van der Waals surface area (Å²) < 4.78 is 0. The van der Waals surface area contributed by atoms with E-state index in [0.29, 0.717) is 23.5 Å². The van der Waals surface area contributed by atoms with Crippen molar-refractivity contribution in [2.75, 3.05) is 29.5 Å². The second-order valence-corrected chi connectivity index (χ2v) is 7.31. The number of nitrogens with two attached hydrogens (primary N) is 3. The number of anilines is 3. The van der Waals surface area contributed by atoms with Crippen LogP contribution in [-0.4, -0.2) is 33.0 Å². The van der Waals surface area contributed by atoms with E-state index in [0.717, 1.165) is 19.4 Å². The Morgan fingerprint density at radius 2 is 1.73 bits per heavy atom. The molecule has 6 N–H and O–H groups in total. The zero-order valence-electron chi connectivity index (χ0n) is 17.0. The Balaban J connectivity index is 1.78. The van der Waals surface area contributed by atoms with E-state index in [4.69, 9.17) is 17.2 Å². The van der Waals surface area contributed by atoms with Gasteiger partial charge in [-0.15, -0.1) is 0 Å². The fraction of sp³-hybridized carbons (Fsp3) is 0.273. The van der Waals surface area contributed by atoms with E-state index < -0.39 is 0 Å². The Morgan fingerprint density at radius 1 is 0.933 bits per heavy atom. The lowest BCUT2D eigenvalue weighted by atomic mass is 9.98. The first-order valence-electron chi connectivity index (χ1n) is 10.1. The van der Waals surface area contributed by atoms with E-state index in [1.165, 1.54) is 16.3 Å². The van der Waals surface area contributed by atoms with Crippen LogP contribution in [0.1, 0.15) is 31.4 Å². The Kier molecular flexibility index (Phi) is 5.58. The molecule has 0 spiro atoms. The molecule has 0 saturated carbocycles. The van der Waals surface area contributed by atoms with Crippen LogP contribution < -0.4 is 22.1 Å². The Morgan fingerprint density at radius 3 is 2.57 bits per heavy atom. The molecule has 30 heavy (non-hydrogen) atoms. The van der Waals surface area contributed by atoms with Gasteiger partial charge >= 0.3 is 0 Å². The first-order chi connectivity index (χ1) is 14.6. The predicted octanol–water partition coefficient (Wildman–Crippen LogP) is 3.04. The quantitative estimate of drug-likeness (QED) is 0.402. The lowest BCUT2D eigenvalue weighted by Crippen LogP contribution is -2.30.